The number of aromatic nitrogens is 4. The Labute approximate surface area is 106 Å². The summed E-state index contributed by atoms with van der Waals surface area (Å²) in [6.07, 6.45) is 2.02. The Morgan fingerprint density at radius 3 is 2.44 bits per heavy atom. The van der Waals surface area contributed by atoms with Crippen molar-refractivity contribution in [1.82, 2.24) is 25.9 Å². The van der Waals surface area contributed by atoms with Crippen molar-refractivity contribution in [2.24, 2.45) is 0 Å². The van der Waals surface area contributed by atoms with E-state index in [1.165, 1.54) is 11.1 Å². The van der Waals surface area contributed by atoms with E-state index in [1.54, 1.807) is 0 Å². The number of tetrazole rings is 1. The molecule has 1 aliphatic heterocycles. The van der Waals surface area contributed by atoms with Gasteiger partial charge in [-0.25, -0.2) is 0 Å². The van der Waals surface area contributed by atoms with Crippen LogP contribution in [-0.4, -0.2) is 33.7 Å². The molecule has 1 saturated heterocycles. The summed E-state index contributed by atoms with van der Waals surface area (Å²) in [6, 6.07) is 8.69. The van der Waals surface area contributed by atoms with Crippen LogP contribution in [0.25, 0.3) is 0 Å². The first-order valence-electron chi connectivity index (χ1n) is 6.33. The molecule has 1 aromatic carbocycles. The molecule has 5 nitrogen and oxygen atoms in total. The lowest BCUT2D eigenvalue weighted by molar-refractivity contribution is 0.346. The Morgan fingerprint density at radius 2 is 1.83 bits per heavy atom. The lowest BCUT2D eigenvalue weighted by atomic mass is 9.72. The van der Waals surface area contributed by atoms with E-state index in [-0.39, 0.29) is 5.41 Å². The SMILES string of the molecule is Cc1ccc(C2(c3nn[nH]n3)CCNCC2)cc1. The highest BCUT2D eigenvalue weighted by atomic mass is 15.5. The highest BCUT2D eigenvalue weighted by Crippen LogP contribution is 2.37. The van der Waals surface area contributed by atoms with Crippen LogP contribution in [-0.2, 0) is 5.41 Å². The number of rotatable bonds is 2. The van der Waals surface area contributed by atoms with Gasteiger partial charge in [-0.1, -0.05) is 35.0 Å². The highest BCUT2D eigenvalue weighted by molar-refractivity contribution is 5.35. The zero-order chi connectivity index (χ0) is 12.4. The molecule has 2 N–H and O–H groups in total. The molecule has 0 unspecified atom stereocenters. The fraction of sp³-hybridized carbons (Fsp3) is 0.462. The number of H-pyrrole nitrogens is 1. The number of nitrogens with zero attached hydrogens (tertiary/aromatic N) is 3. The number of hydrogen-bond donors (Lipinski definition) is 2. The lowest BCUT2D eigenvalue weighted by Gasteiger charge is -2.35. The van der Waals surface area contributed by atoms with E-state index in [0.29, 0.717) is 0 Å². The van der Waals surface area contributed by atoms with Gasteiger partial charge in [-0.3, -0.25) is 0 Å². The third-order valence-electron chi connectivity index (χ3n) is 3.83. The minimum absolute atomic E-state index is 0.0913. The van der Waals surface area contributed by atoms with Crippen LogP contribution in [0.3, 0.4) is 0 Å². The molecule has 0 atom stereocenters. The monoisotopic (exact) mass is 243 g/mol. The van der Waals surface area contributed by atoms with Gasteiger partial charge in [-0.05, 0) is 38.4 Å². The van der Waals surface area contributed by atoms with Crippen LogP contribution in [0.1, 0.15) is 29.8 Å². The van der Waals surface area contributed by atoms with E-state index in [4.69, 9.17) is 0 Å². The molecule has 0 bridgehead atoms. The Morgan fingerprint density at radius 1 is 1.11 bits per heavy atom. The molecule has 1 aliphatic rings. The Kier molecular flexibility index (Phi) is 2.83. The van der Waals surface area contributed by atoms with Crippen LogP contribution in [0.4, 0.5) is 0 Å². The third kappa shape index (κ3) is 1.80. The predicted octanol–water partition coefficient (Wildman–Crippen LogP) is 1.18. The Bertz CT molecular complexity index is 497. The second kappa shape index (κ2) is 4.49. The number of aryl methyl sites for hydroxylation is 1. The number of piperidine rings is 1. The molecular weight excluding hydrogens is 226 g/mol. The van der Waals surface area contributed by atoms with Gasteiger partial charge in [-0.2, -0.15) is 5.21 Å². The van der Waals surface area contributed by atoms with E-state index < -0.39 is 0 Å². The van der Waals surface area contributed by atoms with Crippen molar-refractivity contribution in [3.05, 3.63) is 41.2 Å². The van der Waals surface area contributed by atoms with Gasteiger partial charge < -0.3 is 5.32 Å². The molecule has 0 saturated carbocycles. The van der Waals surface area contributed by atoms with E-state index in [9.17, 15) is 0 Å². The summed E-state index contributed by atoms with van der Waals surface area (Å²) in [5, 5.41) is 18.2. The van der Waals surface area contributed by atoms with Crippen molar-refractivity contribution in [2.45, 2.75) is 25.2 Å². The molecular formula is C13H17N5. The summed E-state index contributed by atoms with van der Waals surface area (Å²) in [5.74, 6) is 0.813. The van der Waals surface area contributed by atoms with Crippen LogP contribution in [0, 0.1) is 6.92 Å². The van der Waals surface area contributed by atoms with Gasteiger partial charge in [0.25, 0.3) is 0 Å². The largest absolute Gasteiger partial charge is 0.317 e. The van der Waals surface area contributed by atoms with E-state index in [1.807, 2.05) is 0 Å². The number of hydrogen-bond acceptors (Lipinski definition) is 4. The van der Waals surface area contributed by atoms with Crippen molar-refractivity contribution in [3.8, 4) is 0 Å². The first-order valence-corrected chi connectivity index (χ1v) is 6.33. The second-order valence-corrected chi connectivity index (χ2v) is 4.93. The van der Waals surface area contributed by atoms with Crippen LogP contribution in [0.5, 0.6) is 0 Å². The molecule has 1 aromatic heterocycles. The molecule has 0 radical (unpaired) electrons. The maximum atomic E-state index is 4.24. The first-order chi connectivity index (χ1) is 8.81. The van der Waals surface area contributed by atoms with Gasteiger partial charge in [-0.15, -0.1) is 10.2 Å². The molecule has 0 spiro atoms. The van der Waals surface area contributed by atoms with Gasteiger partial charge in [0.05, 0.1) is 5.41 Å². The molecule has 1 fully saturated rings. The summed E-state index contributed by atoms with van der Waals surface area (Å²) < 4.78 is 0. The van der Waals surface area contributed by atoms with Gasteiger partial charge in [0.1, 0.15) is 0 Å². The fourth-order valence-electron chi connectivity index (χ4n) is 2.73. The van der Waals surface area contributed by atoms with Crippen LogP contribution in [0.15, 0.2) is 24.3 Å². The second-order valence-electron chi connectivity index (χ2n) is 4.93. The molecule has 3 rings (SSSR count). The zero-order valence-corrected chi connectivity index (χ0v) is 10.5. The highest BCUT2D eigenvalue weighted by Gasteiger charge is 2.39. The first kappa shape index (κ1) is 11.3. The summed E-state index contributed by atoms with van der Waals surface area (Å²) in [5.41, 5.74) is 2.47. The standard InChI is InChI=1S/C13H17N5/c1-10-2-4-11(5-3-10)13(6-8-14-9-7-13)12-15-17-18-16-12/h2-5,14H,6-9H2,1H3,(H,15,16,17,18). The Hall–Kier alpha value is -1.75. The predicted molar refractivity (Wildman–Crippen MR) is 68.2 cm³/mol. The van der Waals surface area contributed by atoms with Crippen molar-refractivity contribution in [1.29, 1.82) is 0 Å². The molecule has 94 valence electrons. The quantitative estimate of drug-likeness (QED) is 0.831. The maximum absolute atomic E-state index is 4.24. The number of benzene rings is 1. The summed E-state index contributed by atoms with van der Waals surface area (Å²) in [4.78, 5) is 0. The molecule has 0 aliphatic carbocycles. The van der Waals surface area contributed by atoms with Gasteiger partial charge in [0.15, 0.2) is 5.82 Å². The minimum Gasteiger partial charge on any atom is -0.317 e. The van der Waals surface area contributed by atoms with Crippen LogP contribution >= 0.6 is 0 Å². The van der Waals surface area contributed by atoms with E-state index >= 15 is 0 Å². The molecule has 2 aromatic rings. The van der Waals surface area contributed by atoms with Crippen LogP contribution in [0.2, 0.25) is 0 Å². The summed E-state index contributed by atoms with van der Waals surface area (Å²) in [6.45, 7) is 4.08. The smallest absolute Gasteiger partial charge is 0.185 e. The molecule has 5 heteroatoms. The van der Waals surface area contributed by atoms with Gasteiger partial charge in [0, 0.05) is 0 Å². The summed E-state index contributed by atoms with van der Waals surface area (Å²) >= 11 is 0. The average molecular weight is 243 g/mol. The fourth-order valence-corrected chi connectivity index (χ4v) is 2.73. The normalized spacial score (nSPS) is 18.7. The molecule has 18 heavy (non-hydrogen) atoms. The average Bonchev–Trinajstić information content (AvgIpc) is 2.95. The zero-order valence-electron chi connectivity index (χ0n) is 10.5. The van der Waals surface area contributed by atoms with Gasteiger partial charge >= 0.3 is 0 Å². The third-order valence-corrected chi connectivity index (χ3v) is 3.83. The van der Waals surface area contributed by atoms with Gasteiger partial charge in [0.2, 0.25) is 0 Å². The number of nitrogens with one attached hydrogen (secondary N) is 2. The lowest BCUT2D eigenvalue weighted by Crippen LogP contribution is -2.41. The number of aromatic amines is 1. The van der Waals surface area contributed by atoms with Crippen LogP contribution < -0.4 is 5.32 Å². The molecule has 0 amide bonds. The topological polar surface area (TPSA) is 66.5 Å². The van der Waals surface area contributed by atoms with E-state index in [2.05, 4.69) is 57.1 Å². The Balaban J connectivity index is 2.07. The van der Waals surface area contributed by atoms with Crippen molar-refractivity contribution in [3.63, 3.8) is 0 Å². The summed E-state index contributed by atoms with van der Waals surface area (Å²) in [7, 11) is 0. The molecule has 2 heterocycles. The maximum Gasteiger partial charge on any atom is 0.185 e. The van der Waals surface area contributed by atoms with Crippen molar-refractivity contribution < 1.29 is 0 Å². The van der Waals surface area contributed by atoms with Crippen molar-refractivity contribution in [2.75, 3.05) is 13.1 Å². The minimum atomic E-state index is -0.0913. The van der Waals surface area contributed by atoms with E-state index in [0.717, 1.165) is 31.8 Å². The van der Waals surface area contributed by atoms with Crippen molar-refractivity contribution >= 4 is 0 Å².